The number of anilines is 1. The minimum atomic E-state index is 0.401. The largest absolute Gasteiger partial charge is 0.367 e. The summed E-state index contributed by atoms with van der Waals surface area (Å²) in [5, 5.41) is 6.86. The van der Waals surface area contributed by atoms with Crippen molar-refractivity contribution in [2.45, 2.75) is 13.3 Å². The highest BCUT2D eigenvalue weighted by Crippen LogP contribution is 2.23. The van der Waals surface area contributed by atoms with Crippen LogP contribution in [0.15, 0.2) is 53.9 Å². The Morgan fingerprint density at radius 2 is 1.69 bits per heavy atom. The number of para-hydroxylation sites is 2. The Hall–Kier alpha value is -2.50. The maximum atomic E-state index is 6.23. The van der Waals surface area contributed by atoms with Gasteiger partial charge in [0.25, 0.3) is 0 Å². The van der Waals surface area contributed by atoms with Crippen molar-refractivity contribution in [3.8, 4) is 11.3 Å². The molecule has 2 aromatic heterocycles. The van der Waals surface area contributed by atoms with Crippen LogP contribution in [0.25, 0.3) is 22.3 Å². The lowest BCUT2D eigenvalue weighted by Gasteiger charge is -2.08. The van der Waals surface area contributed by atoms with Crippen LogP contribution in [-0.4, -0.2) is 21.5 Å². The first-order valence-corrected chi connectivity index (χ1v) is 9.62. The van der Waals surface area contributed by atoms with Gasteiger partial charge >= 0.3 is 0 Å². The highest BCUT2D eigenvalue weighted by atomic mass is 35.5. The molecule has 4 rings (SSSR count). The first-order chi connectivity index (χ1) is 12.7. The fraction of sp³-hybridized carbons (Fsp3) is 0.150. The van der Waals surface area contributed by atoms with Crippen LogP contribution in [0.1, 0.15) is 10.6 Å². The smallest absolute Gasteiger partial charge is 0.172 e. The van der Waals surface area contributed by atoms with Crippen molar-refractivity contribution < 1.29 is 0 Å². The molecule has 4 nitrogen and oxygen atoms in total. The normalized spacial score (nSPS) is 11.0. The summed E-state index contributed by atoms with van der Waals surface area (Å²) in [6, 6.07) is 16.2. The predicted octanol–water partition coefficient (Wildman–Crippen LogP) is 5.37. The van der Waals surface area contributed by atoms with Gasteiger partial charge in [0.05, 0.1) is 21.7 Å². The Bertz CT molecular complexity index is 1040. The number of hydrogen-bond acceptors (Lipinski definition) is 5. The van der Waals surface area contributed by atoms with Crippen molar-refractivity contribution in [1.29, 1.82) is 0 Å². The Kier molecular flexibility index (Phi) is 4.82. The fourth-order valence-electron chi connectivity index (χ4n) is 2.75. The minimum Gasteiger partial charge on any atom is -0.367 e. The molecule has 2 aromatic carbocycles. The number of fused-ring (bicyclic) bond motifs is 1. The Balaban J connectivity index is 1.41. The topological polar surface area (TPSA) is 50.7 Å². The van der Waals surface area contributed by atoms with Crippen LogP contribution in [0, 0.1) is 6.92 Å². The first kappa shape index (κ1) is 16.9. The van der Waals surface area contributed by atoms with E-state index in [1.54, 1.807) is 11.3 Å². The maximum Gasteiger partial charge on any atom is 0.172 e. The zero-order chi connectivity index (χ0) is 17.9. The van der Waals surface area contributed by atoms with E-state index in [-0.39, 0.29) is 0 Å². The molecule has 0 aliphatic rings. The van der Waals surface area contributed by atoms with Gasteiger partial charge in [0.15, 0.2) is 11.0 Å². The lowest BCUT2D eigenvalue weighted by Crippen LogP contribution is -2.07. The lowest BCUT2D eigenvalue weighted by atomic mass is 10.1. The van der Waals surface area contributed by atoms with Gasteiger partial charge in [-0.1, -0.05) is 48.0 Å². The second kappa shape index (κ2) is 7.40. The summed E-state index contributed by atoms with van der Waals surface area (Å²) >= 11 is 7.90. The Morgan fingerprint density at radius 3 is 2.38 bits per heavy atom. The van der Waals surface area contributed by atoms with E-state index in [9.17, 15) is 0 Å². The van der Waals surface area contributed by atoms with E-state index in [0.717, 1.165) is 40.3 Å². The molecule has 1 N–H and O–H groups in total. The monoisotopic (exact) mass is 380 g/mol. The summed E-state index contributed by atoms with van der Waals surface area (Å²) in [5.74, 6) is 0.625. The van der Waals surface area contributed by atoms with Crippen LogP contribution in [0.3, 0.4) is 0 Å². The van der Waals surface area contributed by atoms with Crippen LogP contribution in [0.4, 0.5) is 5.82 Å². The molecule has 0 aliphatic heterocycles. The third-order valence-electron chi connectivity index (χ3n) is 4.10. The molecular formula is C20H17ClN4S. The molecule has 4 aromatic rings. The molecule has 0 aliphatic carbocycles. The van der Waals surface area contributed by atoms with E-state index in [1.165, 1.54) is 5.56 Å². The third-order valence-corrected chi connectivity index (χ3v) is 5.14. The van der Waals surface area contributed by atoms with Crippen molar-refractivity contribution in [3.05, 3.63) is 69.6 Å². The van der Waals surface area contributed by atoms with Gasteiger partial charge in [0, 0.05) is 17.5 Å². The van der Waals surface area contributed by atoms with Gasteiger partial charge in [-0.05, 0) is 31.0 Å². The molecular weight excluding hydrogens is 364 g/mol. The number of hydrogen-bond donors (Lipinski definition) is 1. The molecule has 0 saturated heterocycles. The molecule has 0 spiro atoms. The van der Waals surface area contributed by atoms with Gasteiger partial charge in [0.1, 0.15) is 0 Å². The van der Waals surface area contributed by atoms with Crippen molar-refractivity contribution >= 4 is 39.8 Å². The van der Waals surface area contributed by atoms with E-state index >= 15 is 0 Å². The third kappa shape index (κ3) is 3.69. The van der Waals surface area contributed by atoms with Crippen LogP contribution in [-0.2, 0) is 6.42 Å². The summed E-state index contributed by atoms with van der Waals surface area (Å²) in [6.45, 7) is 2.76. The van der Waals surface area contributed by atoms with Gasteiger partial charge in [-0.25, -0.2) is 15.0 Å². The first-order valence-electron chi connectivity index (χ1n) is 8.36. The standard InChI is InChI=1S/C20H17ClN4S/c1-13-23-18(12-26-13)15-8-6-14(7-9-15)10-11-22-20-19(21)24-16-4-2-3-5-17(16)25-20/h2-9,12H,10-11H2,1H3,(H,22,25). The predicted molar refractivity (Wildman–Crippen MR) is 109 cm³/mol. The molecule has 0 unspecified atom stereocenters. The SMILES string of the molecule is Cc1nc(-c2ccc(CCNc3nc4ccccc4nc3Cl)cc2)cs1. The van der Waals surface area contributed by atoms with Gasteiger partial charge in [-0.3, -0.25) is 0 Å². The summed E-state index contributed by atoms with van der Waals surface area (Å²) < 4.78 is 0. The van der Waals surface area contributed by atoms with E-state index in [0.29, 0.717) is 11.0 Å². The second-order valence-electron chi connectivity index (χ2n) is 5.98. The summed E-state index contributed by atoms with van der Waals surface area (Å²) in [7, 11) is 0. The van der Waals surface area contributed by atoms with E-state index < -0.39 is 0 Å². The molecule has 26 heavy (non-hydrogen) atoms. The van der Waals surface area contributed by atoms with Crippen LogP contribution >= 0.6 is 22.9 Å². The zero-order valence-corrected chi connectivity index (χ0v) is 15.8. The van der Waals surface area contributed by atoms with Gasteiger partial charge in [0.2, 0.25) is 0 Å². The van der Waals surface area contributed by atoms with Gasteiger partial charge < -0.3 is 5.32 Å². The van der Waals surface area contributed by atoms with E-state index in [1.807, 2.05) is 31.2 Å². The Labute approximate surface area is 160 Å². The van der Waals surface area contributed by atoms with Crippen molar-refractivity contribution in [2.75, 3.05) is 11.9 Å². The van der Waals surface area contributed by atoms with Gasteiger partial charge in [-0.15, -0.1) is 11.3 Å². The molecule has 130 valence electrons. The lowest BCUT2D eigenvalue weighted by molar-refractivity contribution is 1.01. The summed E-state index contributed by atoms with van der Waals surface area (Å²) in [5.41, 5.74) is 5.07. The minimum absolute atomic E-state index is 0.401. The summed E-state index contributed by atoms with van der Waals surface area (Å²) in [4.78, 5) is 13.5. The number of nitrogens with one attached hydrogen (secondary N) is 1. The van der Waals surface area contributed by atoms with E-state index in [2.05, 4.69) is 49.9 Å². The molecule has 0 amide bonds. The fourth-order valence-corrected chi connectivity index (χ4v) is 3.58. The number of halogens is 1. The average molecular weight is 381 g/mol. The molecule has 0 atom stereocenters. The molecule has 0 fully saturated rings. The highest BCUT2D eigenvalue weighted by molar-refractivity contribution is 7.09. The number of nitrogens with zero attached hydrogens (tertiary/aromatic N) is 3. The maximum absolute atomic E-state index is 6.23. The van der Waals surface area contributed by atoms with E-state index in [4.69, 9.17) is 11.6 Å². The van der Waals surface area contributed by atoms with Gasteiger partial charge in [-0.2, -0.15) is 0 Å². The number of aromatic nitrogens is 3. The van der Waals surface area contributed by atoms with Crippen LogP contribution in [0.2, 0.25) is 5.15 Å². The number of aryl methyl sites for hydroxylation is 1. The average Bonchev–Trinajstić information content (AvgIpc) is 3.09. The molecule has 0 radical (unpaired) electrons. The Morgan fingerprint density at radius 1 is 0.962 bits per heavy atom. The van der Waals surface area contributed by atoms with Crippen molar-refractivity contribution in [2.24, 2.45) is 0 Å². The zero-order valence-electron chi connectivity index (χ0n) is 14.2. The molecule has 6 heteroatoms. The highest BCUT2D eigenvalue weighted by Gasteiger charge is 2.06. The second-order valence-corrected chi connectivity index (χ2v) is 7.40. The van der Waals surface area contributed by atoms with Crippen molar-refractivity contribution in [1.82, 2.24) is 15.0 Å². The number of thiazole rings is 1. The quantitative estimate of drug-likeness (QED) is 0.505. The van der Waals surface area contributed by atoms with Crippen LogP contribution < -0.4 is 5.32 Å². The number of benzene rings is 2. The molecule has 0 saturated carbocycles. The van der Waals surface area contributed by atoms with Crippen molar-refractivity contribution in [3.63, 3.8) is 0 Å². The summed E-state index contributed by atoms with van der Waals surface area (Å²) in [6.07, 6.45) is 0.876. The molecule has 2 heterocycles. The van der Waals surface area contributed by atoms with Crippen LogP contribution in [0.5, 0.6) is 0 Å². The number of rotatable bonds is 5. The molecule has 0 bridgehead atoms.